The number of nitro benzene ring substituents is 1. The van der Waals surface area contributed by atoms with E-state index < -0.39 is 4.92 Å². The van der Waals surface area contributed by atoms with Crippen molar-refractivity contribution < 1.29 is 4.92 Å². The molecule has 0 aliphatic heterocycles. The molecule has 6 nitrogen and oxygen atoms in total. The number of benzene rings is 1. The highest BCUT2D eigenvalue weighted by Crippen LogP contribution is 2.27. The molecular weight excluding hydrogens is 244 g/mol. The molecule has 0 bridgehead atoms. The summed E-state index contributed by atoms with van der Waals surface area (Å²) in [4.78, 5) is 10.1. The van der Waals surface area contributed by atoms with Gasteiger partial charge in [-0.15, -0.1) is 0 Å². The molecule has 84 valence electrons. The number of nitro groups is 1. The molecule has 17 heavy (non-hydrogen) atoms. The first-order chi connectivity index (χ1) is 8.08. The number of anilines is 1. The van der Waals surface area contributed by atoms with Crippen molar-refractivity contribution in [3.8, 4) is 12.1 Å². The topological polar surface area (TPSA) is 103 Å². The van der Waals surface area contributed by atoms with Crippen LogP contribution in [0.4, 0.5) is 11.4 Å². The maximum Gasteiger partial charge on any atom is 0.294 e. The lowest BCUT2D eigenvalue weighted by atomic mass is 10.2. The Bertz CT molecular complexity index is 553. The van der Waals surface area contributed by atoms with Gasteiger partial charge in [-0.25, -0.2) is 0 Å². The van der Waals surface area contributed by atoms with Crippen LogP contribution in [0.2, 0.25) is 5.02 Å². The van der Waals surface area contributed by atoms with E-state index in [0.29, 0.717) is 0 Å². The normalized spacial score (nSPS) is 8.65. The van der Waals surface area contributed by atoms with Gasteiger partial charge in [0.05, 0.1) is 4.92 Å². The predicted octanol–water partition coefficient (Wildman–Crippen LogP) is 2.59. The van der Waals surface area contributed by atoms with E-state index in [-0.39, 0.29) is 22.0 Å². The first-order valence-corrected chi connectivity index (χ1v) is 4.67. The van der Waals surface area contributed by atoms with Crippen molar-refractivity contribution in [1.82, 2.24) is 0 Å². The van der Waals surface area contributed by atoms with Gasteiger partial charge in [-0.3, -0.25) is 10.1 Å². The number of rotatable bonds is 3. The summed E-state index contributed by atoms with van der Waals surface area (Å²) in [5.74, 6) is 0. The Balaban J connectivity index is 3.09. The quantitative estimate of drug-likeness (QED) is 0.503. The van der Waals surface area contributed by atoms with E-state index in [1.54, 1.807) is 12.1 Å². The van der Waals surface area contributed by atoms with E-state index >= 15 is 0 Å². The Morgan fingerprint density at radius 3 is 2.65 bits per heavy atom. The maximum absolute atomic E-state index is 10.7. The van der Waals surface area contributed by atoms with Gasteiger partial charge in [-0.1, -0.05) is 11.6 Å². The maximum atomic E-state index is 10.7. The molecule has 0 unspecified atom stereocenters. The van der Waals surface area contributed by atoms with Crippen LogP contribution in [0.1, 0.15) is 0 Å². The SMILES string of the molecule is N#CC(C#N)=CNc1ccc(Cl)cc1[N+](=O)[O-]. The van der Waals surface area contributed by atoms with Gasteiger partial charge in [0.25, 0.3) is 5.69 Å². The molecule has 0 aliphatic rings. The summed E-state index contributed by atoms with van der Waals surface area (Å²) >= 11 is 5.63. The molecule has 1 aromatic rings. The molecule has 1 rings (SSSR count). The molecule has 0 heterocycles. The van der Waals surface area contributed by atoms with Crippen LogP contribution < -0.4 is 5.32 Å². The van der Waals surface area contributed by atoms with Gasteiger partial charge >= 0.3 is 0 Å². The zero-order valence-corrected chi connectivity index (χ0v) is 9.10. The number of hydrogen-bond donors (Lipinski definition) is 1. The van der Waals surface area contributed by atoms with Gasteiger partial charge in [0.2, 0.25) is 0 Å². The molecule has 0 amide bonds. The van der Waals surface area contributed by atoms with Crippen LogP contribution in [0.3, 0.4) is 0 Å². The summed E-state index contributed by atoms with van der Waals surface area (Å²) in [5, 5.41) is 30.4. The van der Waals surface area contributed by atoms with Gasteiger partial charge in [-0.2, -0.15) is 10.5 Å². The van der Waals surface area contributed by atoms with Crippen molar-refractivity contribution in [2.24, 2.45) is 0 Å². The van der Waals surface area contributed by atoms with E-state index in [4.69, 9.17) is 22.1 Å². The molecule has 0 radical (unpaired) electrons. The van der Waals surface area contributed by atoms with Crippen LogP contribution in [0.25, 0.3) is 0 Å². The second-order valence-electron chi connectivity index (χ2n) is 2.84. The van der Waals surface area contributed by atoms with E-state index in [1.165, 1.54) is 18.2 Å². The molecule has 0 atom stereocenters. The van der Waals surface area contributed by atoms with Crippen LogP contribution in [-0.4, -0.2) is 4.92 Å². The fourth-order valence-corrected chi connectivity index (χ4v) is 1.18. The first kappa shape index (κ1) is 12.5. The summed E-state index contributed by atoms with van der Waals surface area (Å²) in [6.07, 6.45) is 1.09. The van der Waals surface area contributed by atoms with Crippen molar-refractivity contribution in [2.45, 2.75) is 0 Å². The lowest BCUT2D eigenvalue weighted by molar-refractivity contribution is -0.383. The van der Waals surface area contributed by atoms with Crippen LogP contribution in [0, 0.1) is 32.8 Å². The number of nitrogens with one attached hydrogen (secondary N) is 1. The molecule has 1 N–H and O–H groups in total. The molecule has 0 saturated carbocycles. The summed E-state index contributed by atoms with van der Waals surface area (Å²) in [6.45, 7) is 0. The molecule has 0 saturated heterocycles. The van der Waals surface area contributed by atoms with Gasteiger partial charge < -0.3 is 5.32 Å². The Morgan fingerprint density at radius 2 is 2.12 bits per heavy atom. The van der Waals surface area contributed by atoms with Gasteiger partial charge in [0.15, 0.2) is 0 Å². The molecule has 1 aromatic carbocycles. The monoisotopic (exact) mass is 248 g/mol. The molecule has 7 heteroatoms. The fourth-order valence-electron chi connectivity index (χ4n) is 1.02. The molecule has 0 aliphatic carbocycles. The van der Waals surface area contributed by atoms with E-state index in [9.17, 15) is 10.1 Å². The van der Waals surface area contributed by atoms with Crippen molar-refractivity contribution in [2.75, 3.05) is 5.32 Å². The minimum absolute atomic E-state index is 0.155. The summed E-state index contributed by atoms with van der Waals surface area (Å²) in [6, 6.07) is 7.28. The Labute approximate surface area is 101 Å². The van der Waals surface area contributed by atoms with Crippen LogP contribution in [-0.2, 0) is 0 Å². The molecule has 0 spiro atoms. The zero-order valence-electron chi connectivity index (χ0n) is 8.35. The zero-order chi connectivity index (χ0) is 12.8. The highest BCUT2D eigenvalue weighted by Gasteiger charge is 2.13. The fraction of sp³-hybridized carbons (Fsp3) is 0. The third-order valence-electron chi connectivity index (χ3n) is 1.77. The summed E-state index contributed by atoms with van der Waals surface area (Å²) < 4.78 is 0. The Kier molecular flexibility index (Phi) is 4.04. The van der Waals surface area contributed by atoms with Crippen molar-refractivity contribution in [3.63, 3.8) is 0 Å². The standard InChI is InChI=1S/C10H5ClN4O2/c11-8-1-2-9(10(3-8)15(16)17)14-6-7(4-12)5-13/h1-3,6,14H. The smallest absolute Gasteiger partial charge is 0.294 e. The van der Waals surface area contributed by atoms with Crippen molar-refractivity contribution in [3.05, 3.63) is 45.1 Å². The highest BCUT2D eigenvalue weighted by atomic mass is 35.5. The number of allylic oxidation sites excluding steroid dienone is 1. The second kappa shape index (κ2) is 5.50. The van der Waals surface area contributed by atoms with Crippen molar-refractivity contribution >= 4 is 23.0 Å². The number of halogens is 1. The van der Waals surface area contributed by atoms with E-state index in [2.05, 4.69) is 5.32 Å². The number of nitrogens with zero attached hydrogens (tertiary/aromatic N) is 3. The van der Waals surface area contributed by atoms with Gasteiger partial charge in [-0.05, 0) is 12.1 Å². The minimum Gasteiger partial charge on any atom is -0.354 e. The molecule has 0 aromatic heterocycles. The van der Waals surface area contributed by atoms with Crippen LogP contribution in [0.15, 0.2) is 30.0 Å². The molecule has 0 fully saturated rings. The first-order valence-electron chi connectivity index (χ1n) is 4.29. The second-order valence-corrected chi connectivity index (χ2v) is 3.28. The third-order valence-corrected chi connectivity index (χ3v) is 2.00. The van der Waals surface area contributed by atoms with Crippen LogP contribution in [0.5, 0.6) is 0 Å². The summed E-state index contributed by atoms with van der Waals surface area (Å²) in [5.41, 5.74) is -0.263. The van der Waals surface area contributed by atoms with Gasteiger partial charge in [0, 0.05) is 17.3 Å². The van der Waals surface area contributed by atoms with Gasteiger partial charge in [0.1, 0.15) is 23.4 Å². The van der Waals surface area contributed by atoms with Crippen molar-refractivity contribution in [1.29, 1.82) is 10.5 Å². The largest absolute Gasteiger partial charge is 0.354 e. The lowest BCUT2D eigenvalue weighted by Gasteiger charge is -2.02. The third kappa shape index (κ3) is 3.20. The van der Waals surface area contributed by atoms with E-state index in [0.717, 1.165) is 6.20 Å². The van der Waals surface area contributed by atoms with E-state index in [1.807, 2.05) is 0 Å². The average molecular weight is 249 g/mol. The highest BCUT2D eigenvalue weighted by molar-refractivity contribution is 6.30. The van der Waals surface area contributed by atoms with Crippen LogP contribution >= 0.6 is 11.6 Å². The number of nitriles is 2. The Hall–Kier alpha value is -2.57. The Morgan fingerprint density at radius 1 is 1.47 bits per heavy atom. The predicted molar refractivity (Wildman–Crippen MR) is 61.0 cm³/mol. The minimum atomic E-state index is -0.611. The lowest BCUT2D eigenvalue weighted by Crippen LogP contribution is -1.96. The average Bonchev–Trinajstić information content (AvgIpc) is 2.31. The number of hydrogen-bond acceptors (Lipinski definition) is 5. The summed E-state index contributed by atoms with van der Waals surface area (Å²) in [7, 11) is 0. The molecular formula is C10H5ClN4O2.